The normalized spacial score (nSPS) is 11.0. The first-order chi connectivity index (χ1) is 10.1. The fraction of sp³-hybridized carbons (Fsp3) is 0.154. The molecule has 0 radical (unpaired) electrons. The molecule has 0 aliphatic carbocycles. The zero-order chi connectivity index (χ0) is 15.2. The molecule has 0 saturated carbocycles. The van der Waals surface area contributed by atoms with Gasteiger partial charge in [0, 0.05) is 16.9 Å². The van der Waals surface area contributed by atoms with Crippen LogP contribution in [-0.4, -0.2) is 29.0 Å². The Labute approximate surface area is 135 Å². The first-order valence-electron chi connectivity index (χ1n) is 5.76. The van der Waals surface area contributed by atoms with E-state index in [1.807, 2.05) is 0 Å². The molecule has 0 N–H and O–H groups in total. The summed E-state index contributed by atoms with van der Waals surface area (Å²) in [5.41, 5.74) is 0.616. The Hall–Kier alpha value is -1.50. The van der Waals surface area contributed by atoms with E-state index >= 15 is 0 Å². The minimum absolute atomic E-state index is 0.316. The van der Waals surface area contributed by atoms with Crippen molar-refractivity contribution in [1.82, 2.24) is 10.2 Å². The first-order valence-corrected chi connectivity index (χ1v) is 7.50. The number of methoxy groups -OCH3 is 1. The van der Waals surface area contributed by atoms with Gasteiger partial charge in [0.15, 0.2) is 0 Å². The first kappa shape index (κ1) is 15.9. The number of rotatable bonds is 5. The zero-order valence-electron chi connectivity index (χ0n) is 10.9. The highest BCUT2D eigenvalue weighted by molar-refractivity contribution is 7.99. The summed E-state index contributed by atoms with van der Waals surface area (Å²) in [7, 11) is 1.32. The fourth-order valence-corrected chi connectivity index (χ4v) is 2.43. The van der Waals surface area contributed by atoms with Gasteiger partial charge in [-0.15, -0.1) is 10.2 Å². The number of ether oxygens (including phenoxy) is 1. The van der Waals surface area contributed by atoms with Crippen LogP contribution in [0.15, 0.2) is 40.0 Å². The van der Waals surface area contributed by atoms with Gasteiger partial charge in [0.1, 0.15) is 0 Å². The molecule has 2 rings (SSSR count). The van der Waals surface area contributed by atoms with E-state index in [1.165, 1.54) is 24.9 Å². The second kappa shape index (κ2) is 7.49. The third kappa shape index (κ3) is 4.49. The number of aromatic nitrogens is 2. The monoisotopic (exact) mass is 344 g/mol. The average Bonchev–Trinajstić information content (AvgIpc) is 2.92. The van der Waals surface area contributed by atoms with Crippen LogP contribution in [0.5, 0.6) is 0 Å². The minimum atomic E-state index is -0.408. The van der Waals surface area contributed by atoms with Gasteiger partial charge in [0.2, 0.25) is 5.89 Å². The second-order valence-corrected chi connectivity index (χ2v) is 5.55. The van der Waals surface area contributed by atoms with E-state index in [4.69, 9.17) is 27.6 Å². The van der Waals surface area contributed by atoms with Gasteiger partial charge in [0.25, 0.3) is 5.22 Å². The van der Waals surface area contributed by atoms with E-state index < -0.39 is 5.97 Å². The predicted molar refractivity (Wildman–Crippen MR) is 81.6 cm³/mol. The predicted octanol–water partition coefficient (Wildman–Crippen LogP) is 3.86. The Bertz CT molecular complexity index is 673. The van der Waals surface area contributed by atoms with Crippen LogP contribution in [0, 0.1) is 0 Å². The molecule has 0 amide bonds. The van der Waals surface area contributed by atoms with Crippen molar-refractivity contribution in [2.45, 2.75) is 5.22 Å². The summed E-state index contributed by atoms with van der Waals surface area (Å²) >= 11 is 13.2. The van der Waals surface area contributed by atoms with Gasteiger partial charge in [-0.2, -0.15) is 0 Å². The van der Waals surface area contributed by atoms with Gasteiger partial charge in [-0.05, 0) is 18.2 Å². The van der Waals surface area contributed by atoms with Crippen molar-refractivity contribution in [2.75, 3.05) is 12.9 Å². The third-order valence-electron chi connectivity index (χ3n) is 2.33. The van der Waals surface area contributed by atoms with Crippen molar-refractivity contribution < 1.29 is 13.9 Å². The van der Waals surface area contributed by atoms with Crippen LogP contribution < -0.4 is 0 Å². The SMILES string of the molecule is COC(=O)C=CCSc1nnc(-c2ccc(Cl)cc2Cl)o1. The lowest BCUT2D eigenvalue weighted by Gasteiger charge is -1.98. The molecule has 0 aliphatic rings. The standard InChI is InChI=1S/C13H10Cl2N2O3S/c1-19-11(18)3-2-6-21-13-17-16-12(20-13)9-5-4-8(14)7-10(9)15/h2-5,7H,6H2,1H3. The molecule has 2 aromatic rings. The topological polar surface area (TPSA) is 65.2 Å². The van der Waals surface area contributed by atoms with Crippen LogP contribution in [0.4, 0.5) is 0 Å². The van der Waals surface area contributed by atoms with E-state index in [1.54, 1.807) is 24.3 Å². The molecule has 5 nitrogen and oxygen atoms in total. The lowest BCUT2D eigenvalue weighted by molar-refractivity contribution is -0.134. The van der Waals surface area contributed by atoms with Crippen LogP contribution in [-0.2, 0) is 9.53 Å². The number of thioether (sulfide) groups is 1. The van der Waals surface area contributed by atoms with Crippen LogP contribution in [0.1, 0.15) is 0 Å². The molecule has 0 fully saturated rings. The maximum Gasteiger partial charge on any atom is 0.330 e. The lowest BCUT2D eigenvalue weighted by atomic mass is 10.2. The maximum absolute atomic E-state index is 10.9. The lowest BCUT2D eigenvalue weighted by Crippen LogP contribution is -1.93. The number of hydrogen-bond donors (Lipinski definition) is 0. The third-order valence-corrected chi connectivity index (χ3v) is 3.65. The van der Waals surface area contributed by atoms with Crippen LogP contribution >= 0.6 is 35.0 Å². The van der Waals surface area contributed by atoms with Crippen LogP contribution in [0.2, 0.25) is 10.0 Å². The molecular formula is C13H10Cl2N2O3S. The van der Waals surface area contributed by atoms with E-state index in [9.17, 15) is 4.79 Å². The van der Waals surface area contributed by atoms with Crippen molar-refractivity contribution in [3.05, 3.63) is 40.4 Å². The van der Waals surface area contributed by atoms with E-state index in [0.29, 0.717) is 32.5 Å². The summed E-state index contributed by atoms with van der Waals surface area (Å²) in [6.45, 7) is 0. The molecule has 8 heteroatoms. The Balaban J connectivity index is 2.01. The summed E-state index contributed by atoms with van der Waals surface area (Å²) in [5, 5.41) is 9.18. The molecule has 1 aromatic carbocycles. The van der Waals surface area contributed by atoms with Gasteiger partial charge in [-0.25, -0.2) is 4.79 Å². The Kier molecular flexibility index (Phi) is 5.67. The molecular weight excluding hydrogens is 335 g/mol. The number of hydrogen-bond acceptors (Lipinski definition) is 6. The smallest absolute Gasteiger partial charge is 0.330 e. The summed E-state index contributed by atoms with van der Waals surface area (Å²) in [4.78, 5) is 10.9. The summed E-state index contributed by atoms with van der Waals surface area (Å²) in [6.07, 6.45) is 2.98. The van der Waals surface area contributed by atoms with Gasteiger partial charge in [0.05, 0.1) is 17.7 Å². The summed E-state index contributed by atoms with van der Waals surface area (Å²) < 4.78 is 9.96. The van der Waals surface area contributed by atoms with E-state index in [-0.39, 0.29) is 0 Å². The number of halogens is 2. The molecule has 21 heavy (non-hydrogen) atoms. The molecule has 0 atom stereocenters. The highest BCUT2D eigenvalue weighted by Crippen LogP contribution is 2.30. The Morgan fingerprint density at radius 3 is 2.95 bits per heavy atom. The molecule has 0 saturated heterocycles. The van der Waals surface area contributed by atoms with Crippen LogP contribution in [0.25, 0.3) is 11.5 Å². The summed E-state index contributed by atoms with van der Waals surface area (Å²) in [6, 6.07) is 5.01. The van der Waals surface area contributed by atoms with Gasteiger partial charge >= 0.3 is 5.97 Å². The Morgan fingerprint density at radius 2 is 2.24 bits per heavy atom. The highest BCUT2D eigenvalue weighted by Gasteiger charge is 2.12. The van der Waals surface area contributed by atoms with E-state index in [0.717, 1.165) is 0 Å². The zero-order valence-corrected chi connectivity index (χ0v) is 13.2. The summed E-state index contributed by atoms with van der Waals surface area (Å²) in [5.74, 6) is 0.413. The van der Waals surface area contributed by atoms with Gasteiger partial charge in [-0.3, -0.25) is 0 Å². The molecule has 0 spiro atoms. The van der Waals surface area contributed by atoms with Crippen molar-refractivity contribution in [3.8, 4) is 11.5 Å². The number of carbonyl (C=O) groups is 1. The number of nitrogens with zero attached hydrogens (tertiary/aromatic N) is 2. The minimum Gasteiger partial charge on any atom is -0.466 e. The maximum atomic E-state index is 10.9. The molecule has 1 aromatic heterocycles. The largest absolute Gasteiger partial charge is 0.466 e. The number of esters is 1. The Morgan fingerprint density at radius 1 is 1.43 bits per heavy atom. The van der Waals surface area contributed by atoms with Gasteiger partial charge in [-0.1, -0.05) is 41.0 Å². The van der Waals surface area contributed by atoms with Crippen molar-refractivity contribution in [1.29, 1.82) is 0 Å². The van der Waals surface area contributed by atoms with Crippen molar-refractivity contribution in [3.63, 3.8) is 0 Å². The van der Waals surface area contributed by atoms with Gasteiger partial charge < -0.3 is 9.15 Å². The number of benzene rings is 1. The quantitative estimate of drug-likeness (QED) is 0.466. The molecule has 0 aliphatic heterocycles. The molecule has 110 valence electrons. The molecule has 0 unspecified atom stereocenters. The molecule has 0 bridgehead atoms. The van der Waals surface area contributed by atoms with Crippen molar-refractivity contribution >= 4 is 40.9 Å². The van der Waals surface area contributed by atoms with Crippen molar-refractivity contribution in [2.24, 2.45) is 0 Å². The highest BCUT2D eigenvalue weighted by atomic mass is 35.5. The molecule has 1 heterocycles. The fourth-order valence-electron chi connectivity index (χ4n) is 1.37. The number of carbonyl (C=O) groups excluding carboxylic acids is 1. The van der Waals surface area contributed by atoms with E-state index in [2.05, 4.69) is 14.9 Å². The second-order valence-electron chi connectivity index (χ2n) is 3.73. The average molecular weight is 345 g/mol. The van der Waals surface area contributed by atoms with Crippen LogP contribution in [0.3, 0.4) is 0 Å².